The van der Waals surface area contributed by atoms with Crippen LogP contribution in [0.3, 0.4) is 0 Å². The van der Waals surface area contributed by atoms with Crippen LogP contribution in [0, 0.1) is 6.92 Å². The van der Waals surface area contributed by atoms with Gasteiger partial charge in [0.15, 0.2) is 18.1 Å². The molecule has 1 fully saturated rings. The van der Waals surface area contributed by atoms with Crippen molar-refractivity contribution in [3.63, 3.8) is 0 Å². The van der Waals surface area contributed by atoms with Gasteiger partial charge in [0, 0.05) is 18.5 Å². The first kappa shape index (κ1) is 23.8. The molecule has 3 rings (SSSR count). The average molecular weight is 480 g/mol. The number of likely N-dealkylation sites (tertiary alicyclic amines) is 1. The van der Waals surface area contributed by atoms with Gasteiger partial charge in [0.25, 0.3) is 0 Å². The molecule has 1 aliphatic heterocycles. The maximum Gasteiger partial charge on any atom is 0.436 e. The van der Waals surface area contributed by atoms with Gasteiger partial charge in [0.1, 0.15) is 5.75 Å². The van der Waals surface area contributed by atoms with Gasteiger partial charge in [-0.25, -0.2) is 4.68 Å². The van der Waals surface area contributed by atoms with Crippen LogP contribution in [0.2, 0.25) is 10.0 Å². The van der Waals surface area contributed by atoms with Crippen LogP contribution < -0.4 is 4.74 Å². The third-order valence-electron chi connectivity index (χ3n) is 5.91. The summed E-state index contributed by atoms with van der Waals surface area (Å²) in [5.74, 6) is 0.488. The first-order chi connectivity index (χ1) is 14.6. The van der Waals surface area contributed by atoms with E-state index in [1.807, 2.05) is 6.07 Å². The lowest BCUT2D eigenvalue weighted by Crippen LogP contribution is -2.47. The van der Waals surface area contributed by atoms with Gasteiger partial charge in [-0.2, -0.15) is 18.3 Å². The summed E-state index contributed by atoms with van der Waals surface area (Å²) in [6, 6.07) is 5.29. The molecule has 1 aliphatic rings. The Morgan fingerprint density at radius 3 is 2.45 bits per heavy atom. The zero-order valence-corrected chi connectivity index (χ0v) is 18.4. The number of alkyl halides is 3. The normalized spacial score (nSPS) is 18.1. The minimum Gasteiger partial charge on any atom is -0.495 e. The number of halogens is 5. The van der Waals surface area contributed by atoms with Gasteiger partial charge in [-0.05, 0) is 37.5 Å². The maximum atomic E-state index is 13.2. The first-order valence-electron chi connectivity index (χ1n) is 9.54. The van der Waals surface area contributed by atoms with Gasteiger partial charge in [0.05, 0.1) is 29.5 Å². The van der Waals surface area contributed by atoms with Gasteiger partial charge < -0.3 is 9.84 Å². The molecule has 0 spiro atoms. The summed E-state index contributed by atoms with van der Waals surface area (Å²) in [7, 11) is 1.50. The molecule has 0 amide bonds. The van der Waals surface area contributed by atoms with E-state index in [9.17, 15) is 23.1 Å². The predicted octanol–water partition coefficient (Wildman–Crippen LogP) is 4.25. The number of aldehydes is 1. The van der Waals surface area contributed by atoms with E-state index >= 15 is 0 Å². The standard InChI is InChI=1S/C20H22Cl2F3N3O3/c1-12-17(22)18(20(23,24)25)26-28(12)16(10-29)27-7-5-19(11-30,6-8-27)13-3-4-14(21)15(9-13)31-2/h3-4,9-10,16,30H,5-8,11H2,1-2H3. The number of aliphatic hydroxyl groups excluding tert-OH is 1. The fourth-order valence-electron chi connectivity index (χ4n) is 3.98. The number of rotatable bonds is 6. The number of benzene rings is 1. The van der Waals surface area contributed by atoms with Crippen molar-refractivity contribution in [2.75, 3.05) is 26.8 Å². The molecule has 1 aromatic heterocycles. The maximum absolute atomic E-state index is 13.2. The van der Waals surface area contributed by atoms with Crippen molar-refractivity contribution >= 4 is 29.5 Å². The van der Waals surface area contributed by atoms with Crippen LogP contribution in [-0.4, -0.2) is 52.9 Å². The molecule has 1 unspecified atom stereocenters. The van der Waals surface area contributed by atoms with E-state index in [4.69, 9.17) is 27.9 Å². The van der Waals surface area contributed by atoms with E-state index in [1.165, 1.54) is 14.0 Å². The SMILES string of the molecule is COc1cc(C2(CO)CCN(C(C=O)n3nc(C(F)(F)F)c(Cl)c3C)CC2)ccc1Cl. The van der Waals surface area contributed by atoms with Crippen LogP contribution in [0.15, 0.2) is 18.2 Å². The zero-order valence-electron chi connectivity index (χ0n) is 16.9. The fraction of sp³-hybridized carbons (Fsp3) is 0.500. The number of hydrogen-bond acceptors (Lipinski definition) is 5. The summed E-state index contributed by atoms with van der Waals surface area (Å²) in [4.78, 5) is 13.6. The van der Waals surface area contributed by atoms with Gasteiger partial charge in [-0.3, -0.25) is 9.69 Å². The van der Waals surface area contributed by atoms with E-state index in [1.54, 1.807) is 17.0 Å². The second kappa shape index (κ2) is 8.97. The zero-order chi connectivity index (χ0) is 23.0. The van der Waals surface area contributed by atoms with E-state index in [0.29, 0.717) is 43.0 Å². The molecule has 0 aliphatic carbocycles. The number of nitrogens with zero attached hydrogens (tertiary/aromatic N) is 3. The molecule has 1 N–H and O–H groups in total. The number of aliphatic hydroxyl groups is 1. The summed E-state index contributed by atoms with van der Waals surface area (Å²) in [6.07, 6.45) is -4.27. The third kappa shape index (κ3) is 4.41. The largest absolute Gasteiger partial charge is 0.495 e. The van der Waals surface area contributed by atoms with Crippen LogP contribution in [-0.2, 0) is 16.4 Å². The smallest absolute Gasteiger partial charge is 0.436 e. The summed E-state index contributed by atoms with van der Waals surface area (Å²) < 4.78 is 45.8. The highest BCUT2D eigenvalue weighted by Crippen LogP contribution is 2.41. The van der Waals surface area contributed by atoms with E-state index < -0.39 is 28.5 Å². The number of piperidine rings is 1. The summed E-state index contributed by atoms with van der Waals surface area (Å²) in [6.45, 7) is 1.96. The molecule has 6 nitrogen and oxygen atoms in total. The van der Waals surface area contributed by atoms with Gasteiger partial charge in [-0.15, -0.1) is 0 Å². The molecule has 1 atom stereocenters. The topological polar surface area (TPSA) is 67.6 Å². The Bertz CT molecular complexity index is 957. The second-order valence-corrected chi connectivity index (χ2v) is 8.35. The average Bonchev–Trinajstić information content (AvgIpc) is 3.05. The minimum atomic E-state index is -4.72. The molecule has 0 bridgehead atoms. The highest BCUT2D eigenvalue weighted by molar-refractivity contribution is 6.32. The third-order valence-corrected chi connectivity index (χ3v) is 6.68. The van der Waals surface area contributed by atoms with Crippen LogP contribution in [0.25, 0.3) is 0 Å². The Morgan fingerprint density at radius 1 is 1.32 bits per heavy atom. The molecule has 1 saturated heterocycles. The second-order valence-electron chi connectivity index (χ2n) is 7.56. The molecular formula is C20H22Cl2F3N3O3. The van der Waals surface area contributed by atoms with Crippen LogP contribution in [0.5, 0.6) is 5.75 Å². The number of hydrogen-bond donors (Lipinski definition) is 1. The Balaban J connectivity index is 1.86. The van der Waals surface area contributed by atoms with Gasteiger partial charge in [0.2, 0.25) is 0 Å². The lowest BCUT2D eigenvalue weighted by molar-refractivity contribution is -0.142. The molecular weight excluding hydrogens is 458 g/mol. The highest BCUT2D eigenvalue weighted by atomic mass is 35.5. The Kier molecular flexibility index (Phi) is 6.90. The highest BCUT2D eigenvalue weighted by Gasteiger charge is 2.42. The number of carbonyl (C=O) groups is 1. The predicted molar refractivity (Wildman–Crippen MR) is 110 cm³/mol. The quantitative estimate of drug-likeness (QED) is 0.627. The lowest BCUT2D eigenvalue weighted by atomic mass is 9.73. The van der Waals surface area contributed by atoms with E-state index in [0.717, 1.165) is 10.2 Å². The molecule has 170 valence electrons. The van der Waals surface area contributed by atoms with Crippen molar-refractivity contribution < 1.29 is 27.8 Å². The van der Waals surface area contributed by atoms with Gasteiger partial charge in [-0.1, -0.05) is 29.3 Å². The molecule has 11 heteroatoms. The molecule has 2 heterocycles. The van der Waals surface area contributed by atoms with Crippen LogP contribution in [0.4, 0.5) is 13.2 Å². The van der Waals surface area contributed by atoms with Crippen molar-refractivity contribution in [3.05, 3.63) is 45.2 Å². The van der Waals surface area contributed by atoms with Crippen molar-refractivity contribution in [1.82, 2.24) is 14.7 Å². The number of methoxy groups -OCH3 is 1. The summed E-state index contributed by atoms with van der Waals surface area (Å²) in [5.41, 5.74) is -0.896. The number of aromatic nitrogens is 2. The first-order valence-corrected chi connectivity index (χ1v) is 10.3. The Morgan fingerprint density at radius 2 is 1.97 bits per heavy atom. The summed E-state index contributed by atoms with van der Waals surface area (Å²) >= 11 is 11.9. The molecule has 31 heavy (non-hydrogen) atoms. The Labute approximate surface area is 187 Å². The minimum absolute atomic E-state index is 0.0625. The lowest BCUT2D eigenvalue weighted by Gasteiger charge is -2.43. The fourth-order valence-corrected chi connectivity index (χ4v) is 4.41. The molecule has 0 radical (unpaired) electrons. The van der Waals surface area contributed by atoms with Crippen molar-refractivity contribution in [2.24, 2.45) is 0 Å². The summed E-state index contributed by atoms with van der Waals surface area (Å²) in [5, 5.41) is 13.7. The molecule has 0 saturated carbocycles. The number of ether oxygens (including phenoxy) is 1. The van der Waals surface area contributed by atoms with Crippen molar-refractivity contribution in [1.29, 1.82) is 0 Å². The monoisotopic (exact) mass is 479 g/mol. The van der Waals surface area contributed by atoms with Crippen molar-refractivity contribution in [2.45, 2.75) is 37.5 Å². The molecule has 1 aromatic carbocycles. The van der Waals surface area contributed by atoms with Crippen molar-refractivity contribution in [3.8, 4) is 5.75 Å². The number of carbonyl (C=O) groups excluding carboxylic acids is 1. The Hall–Kier alpha value is -1.81. The van der Waals surface area contributed by atoms with E-state index in [2.05, 4.69) is 5.10 Å². The van der Waals surface area contributed by atoms with E-state index in [-0.39, 0.29) is 12.3 Å². The van der Waals surface area contributed by atoms with Crippen LogP contribution >= 0.6 is 23.2 Å². The molecule has 2 aromatic rings. The van der Waals surface area contributed by atoms with Gasteiger partial charge >= 0.3 is 6.18 Å². The van der Waals surface area contributed by atoms with Crippen LogP contribution in [0.1, 0.15) is 36.0 Å².